The van der Waals surface area contributed by atoms with Gasteiger partial charge in [-0.15, -0.1) is 11.3 Å². The van der Waals surface area contributed by atoms with E-state index in [0.717, 1.165) is 29.7 Å². The number of rotatable bonds is 12. The quantitative estimate of drug-likeness (QED) is 0.347. The van der Waals surface area contributed by atoms with E-state index in [4.69, 9.17) is 0 Å². The lowest BCUT2D eigenvalue weighted by Crippen LogP contribution is -2.36. The van der Waals surface area contributed by atoms with Crippen molar-refractivity contribution < 1.29 is 23.5 Å². The molecule has 1 saturated heterocycles. The van der Waals surface area contributed by atoms with Gasteiger partial charge in [-0.1, -0.05) is 48.9 Å². The molecule has 0 spiro atoms. The molecule has 1 N–H and O–H groups in total. The fourth-order valence-electron chi connectivity index (χ4n) is 4.14. The maximum atomic E-state index is 14.1. The van der Waals surface area contributed by atoms with Gasteiger partial charge in [-0.3, -0.25) is 9.59 Å². The summed E-state index contributed by atoms with van der Waals surface area (Å²) in [6.07, 6.45) is 8.07. The SMILES string of the molecule is Cc1cc(CCCN2C(=O)C(F)(F)C[C@@H]2/C=C/[C@@H](O)CCCCc2ccccc2)sc1[C]=O. The van der Waals surface area contributed by atoms with Gasteiger partial charge in [0.2, 0.25) is 6.29 Å². The van der Waals surface area contributed by atoms with Gasteiger partial charge in [0.1, 0.15) is 0 Å². The van der Waals surface area contributed by atoms with E-state index >= 15 is 0 Å². The number of unbranched alkanes of at least 4 members (excludes halogenated alkanes) is 1. The highest BCUT2D eigenvalue weighted by Crippen LogP contribution is 2.34. The summed E-state index contributed by atoms with van der Waals surface area (Å²) in [5, 5.41) is 10.3. The molecule has 1 fully saturated rings. The summed E-state index contributed by atoms with van der Waals surface area (Å²) < 4.78 is 28.2. The van der Waals surface area contributed by atoms with Gasteiger partial charge in [-0.25, -0.2) is 0 Å². The smallest absolute Gasteiger partial charge is 0.327 e. The standard InChI is InChI=1S/C26H30F2NO3S/c1-19-16-23(33-24(19)18-30)12-7-15-29-21(17-26(27,28)25(29)32)13-14-22(31)11-6-5-10-20-8-3-2-4-9-20/h2-4,8-9,13-14,16,21-22,31H,5-7,10-12,15,17H2,1H3/b14-13+/t21-,22-/m0/s1. The van der Waals surface area contributed by atoms with Crippen LogP contribution < -0.4 is 0 Å². The van der Waals surface area contributed by atoms with E-state index in [1.54, 1.807) is 12.2 Å². The van der Waals surface area contributed by atoms with E-state index in [2.05, 4.69) is 12.1 Å². The molecule has 4 nitrogen and oxygen atoms in total. The van der Waals surface area contributed by atoms with Crippen LogP contribution in [0.4, 0.5) is 8.78 Å². The predicted molar refractivity (Wildman–Crippen MR) is 126 cm³/mol. The van der Waals surface area contributed by atoms with Crippen molar-refractivity contribution >= 4 is 23.5 Å². The number of aryl methyl sites for hydroxylation is 3. The molecule has 7 heteroatoms. The molecule has 1 aromatic carbocycles. The van der Waals surface area contributed by atoms with Crippen molar-refractivity contribution in [2.45, 2.75) is 69.9 Å². The van der Waals surface area contributed by atoms with Crippen LogP contribution in [0.1, 0.15) is 53.0 Å². The van der Waals surface area contributed by atoms with Gasteiger partial charge in [-0.2, -0.15) is 8.78 Å². The van der Waals surface area contributed by atoms with Gasteiger partial charge in [0.05, 0.1) is 17.0 Å². The van der Waals surface area contributed by atoms with Crippen molar-refractivity contribution in [1.29, 1.82) is 0 Å². The summed E-state index contributed by atoms with van der Waals surface area (Å²) in [5.74, 6) is -4.53. The summed E-state index contributed by atoms with van der Waals surface area (Å²) >= 11 is 1.34. The number of thiophene rings is 1. The second-order valence-electron chi connectivity index (χ2n) is 8.59. The van der Waals surface area contributed by atoms with Crippen molar-refractivity contribution in [3.8, 4) is 0 Å². The maximum absolute atomic E-state index is 14.1. The van der Waals surface area contributed by atoms with E-state index in [1.165, 1.54) is 21.8 Å². The van der Waals surface area contributed by atoms with E-state index in [9.17, 15) is 23.5 Å². The van der Waals surface area contributed by atoms with Crippen LogP contribution in [0.5, 0.6) is 0 Å². The minimum Gasteiger partial charge on any atom is -0.389 e. The minimum absolute atomic E-state index is 0.202. The number of halogens is 2. The highest BCUT2D eigenvalue weighted by atomic mass is 32.1. The molecule has 1 aliphatic rings. The number of aliphatic hydroxyl groups is 1. The number of benzene rings is 1. The summed E-state index contributed by atoms with van der Waals surface area (Å²) in [4.78, 5) is 25.8. The Hall–Kier alpha value is -2.38. The molecule has 0 bridgehead atoms. The number of carbonyl (C=O) groups is 1. The van der Waals surface area contributed by atoms with Gasteiger partial charge in [0, 0.05) is 17.8 Å². The first-order chi connectivity index (χ1) is 15.8. The highest BCUT2D eigenvalue weighted by Gasteiger charge is 2.52. The number of carbonyl (C=O) groups excluding carboxylic acids is 2. The lowest BCUT2D eigenvalue weighted by Gasteiger charge is -2.22. The summed E-state index contributed by atoms with van der Waals surface area (Å²) in [7, 11) is 0. The Balaban J connectivity index is 1.48. The van der Waals surface area contributed by atoms with E-state index in [1.807, 2.05) is 37.5 Å². The number of alkyl halides is 2. The number of aliphatic hydroxyl groups excluding tert-OH is 1. The average Bonchev–Trinajstić information content (AvgIpc) is 3.26. The highest BCUT2D eigenvalue weighted by molar-refractivity contribution is 7.13. The Labute approximate surface area is 197 Å². The Bertz CT molecular complexity index is 958. The van der Waals surface area contributed by atoms with Gasteiger partial charge in [0.25, 0.3) is 5.91 Å². The summed E-state index contributed by atoms with van der Waals surface area (Å²) in [6, 6.07) is 11.3. The van der Waals surface area contributed by atoms with Crippen LogP contribution in [-0.4, -0.2) is 46.8 Å². The molecule has 0 unspecified atom stereocenters. The topological polar surface area (TPSA) is 57.6 Å². The van der Waals surface area contributed by atoms with Crippen molar-refractivity contribution in [2.75, 3.05) is 6.54 Å². The van der Waals surface area contributed by atoms with Crippen molar-refractivity contribution in [1.82, 2.24) is 4.90 Å². The lowest BCUT2D eigenvalue weighted by atomic mass is 10.0. The number of hydrogen-bond donors (Lipinski definition) is 1. The van der Waals surface area contributed by atoms with E-state index in [-0.39, 0.29) is 6.54 Å². The number of likely N-dealkylation sites (tertiary alicyclic amines) is 1. The van der Waals surface area contributed by atoms with Crippen molar-refractivity contribution in [3.63, 3.8) is 0 Å². The molecule has 1 aromatic heterocycles. The molecular weight excluding hydrogens is 444 g/mol. The van der Waals surface area contributed by atoms with Gasteiger partial charge in [0.15, 0.2) is 0 Å². The zero-order valence-corrected chi connectivity index (χ0v) is 19.6. The third kappa shape index (κ3) is 7.05. The number of nitrogens with zero attached hydrogens (tertiary/aromatic N) is 1. The zero-order valence-electron chi connectivity index (χ0n) is 18.8. The molecule has 0 saturated carbocycles. The first-order valence-electron chi connectivity index (χ1n) is 11.4. The Morgan fingerprint density at radius 1 is 1.24 bits per heavy atom. The lowest BCUT2D eigenvalue weighted by molar-refractivity contribution is -0.148. The van der Waals surface area contributed by atoms with Gasteiger partial charge in [-0.05, 0) is 56.2 Å². The Morgan fingerprint density at radius 2 is 2.00 bits per heavy atom. The average molecular weight is 475 g/mol. The molecule has 0 aliphatic carbocycles. The van der Waals surface area contributed by atoms with Crippen LogP contribution in [0.3, 0.4) is 0 Å². The molecule has 1 amide bonds. The van der Waals surface area contributed by atoms with E-state index in [0.29, 0.717) is 24.1 Å². The summed E-state index contributed by atoms with van der Waals surface area (Å²) in [5.41, 5.74) is 2.11. The molecule has 2 aromatic rings. The fourth-order valence-corrected chi connectivity index (χ4v) is 5.14. The van der Waals surface area contributed by atoms with Crippen molar-refractivity contribution in [3.05, 3.63) is 69.4 Å². The zero-order chi connectivity index (χ0) is 23.8. The second kappa shape index (κ2) is 11.7. The third-order valence-electron chi connectivity index (χ3n) is 5.94. The first kappa shape index (κ1) is 25.2. The Morgan fingerprint density at radius 3 is 2.70 bits per heavy atom. The second-order valence-corrected chi connectivity index (χ2v) is 9.73. The fraction of sp³-hybridized carbons (Fsp3) is 0.462. The van der Waals surface area contributed by atoms with Gasteiger partial charge >= 0.3 is 5.92 Å². The largest absolute Gasteiger partial charge is 0.389 e. The van der Waals surface area contributed by atoms with E-state index < -0.39 is 30.4 Å². The monoisotopic (exact) mass is 474 g/mol. The van der Waals surface area contributed by atoms with Crippen molar-refractivity contribution in [2.24, 2.45) is 0 Å². The van der Waals surface area contributed by atoms with Crippen LogP contribution in [0.25, 0.3) is 0 Å². The molecule has 1 radical (unpaired) electrons. The maximum Gasteiger partial charge on any atom is 0.327 e. The van der Waals surface area contributed by atoms with Crippen LogP contribution in [0.2, 0.25) is 0 Å². The first-order valence-corrected chi connectivity index (χ1v) is 12.2. The molecule has 33 heavy (non-hydrogen) atoms. The molecule has 2 heterocycles. The third-order valence-corrected chi connectivity index (χ3v) is 7.13. The minimum atomic E-state index is -3.38. The molecule has 3 rings (SSSR count). The molecule has 1 aliphatic heterocycles. The van der Waals surface area contributed by atoms with Gasteiger partial charge < -0.3 is 10.0 Å². The molecule has 2 atom stereocenters. The molecular formula is C26H30F2NO3S. The van der Waals surface area contributed by atoms with Crippen LogP contribution >= 0.6 is 11.3 Å². The number of amides is 1. The van der Waals surface area contributed by atoms with Crippen LogP contribution in [0.15, 0.2) is 48.6 Å². The predicted octanol–water partition coefficient (Wildman–Crippen LogP) is 5.01. The number of hydrogen-bond acceptors (Lipinski definition) is 4. The normalized spacial score (nSPS) is 18.8. The van der Waals surface area contributed by atoms with Crippen LogP contribution in [0, 0.1) is 6.92 Å². The van der Waals surface area contributed by atoms with Crippen LogP contribution in [-0.2, 0) is 22.4 Å². The summed E-state index contributed by atoms with van der Waals surface area (Å²) in [6.45, 7) is 2.03. The Kier molecular flexibility index (Phi) is 8.92. The molecule has 177 valence electrons.